The van der Waals surface area contributed by atoms with Crippen molar-refractivity contribution in [1.29, 1.82) is 0 Å². The van der Waals surface area contributed by atoms with Gasteiger partial charge in [-0.3, -0.25) is 4.79 Å². The largest absolute Gasteiger partial charge is 0.417 e. The van der Waals surface area contributed by atoms with Gasteiger partial charge in [0.25, 0.3) is 0 Å². The Morgan fingerprint density at radius 1 is 1.36 bits per heavy atom. The predicted octanol–water partition coefficient (Wildman–Crippen LogP) is 3.82. The second-order valence-electron chi connectivity index (χ2n) is 4.31. The molecule has 2 N–H and O–H groups in total. The maximum absolute atomic E-state index is 13.3. The first-order valence-electron chi connectivity index (χ1n) is 6.31. The zero-order valence-electron chi connectivity index (χ0n) is 11.5. The minimum atomic E-state index is -4.71. The van der Waals surface area contributed by atoms with Crippen LogP contribution in [-0.2, 0) is 6.18 Å². The van der Waals surface area contributed by atoms with Crippen molar-refractivity contribution in [3.8, 4) is 10.6 Å². The molecule has 1 amide bonds. The van der Waals surface area contributed by atoms with E-state index in [0.717, 1.165) is 29.6 Å². The summed E-state index contributed by atoms with van der Waals surface area (Å²) in [4.78, 5) is 11.3. The third kappa shape index (κ3) is 3.58. The lowest BCUT2D eigenvalue weighted by atomic mass is 10.0. The van der Waals surface area contributed by atoms with Crippen molar-refractivity contribution in [2.24, 2.45) is 5.73 Å². The van der Waals surface area contributed by atoms with Gasteiger partial charge in [-0.25, -0.2) is 0 Å². The Morgan fingerprint density at radius 3 is 2.68 bits per heavy atom. The summed E-state index contributed by atoms with van der Waals surface area (Å²) in [6.07, 6.45) is -3.78. The molecule has 22 heavy (non-hydrogen) atoms. The summed E-state index contributed by atoms with van der Waals surface area (Å²) in [5.41, 5.74) is 3.25. The number of benzene rings is 1. The van der Waals surface area contributed by atoms with Gasteiger partial charge < -0.3 is 5.73 Å². The Hall–Kier alpha value is -1.61. The van der Waals surface area contributed by atoms with Crippen molar-refractivity contribution in [1.82, 2.24) is 10.2 Å². The van der Waals surface area contributed by atoms with Gasteiger partial charge in [0.1, 0.15) is 5.01 Å². The van der Waals surface area contributed by atoms with Crippen LogP contribution in [0.1, 0.15) is 29.3 Å². The van der Waals surface area contributed by atoms with Crippen molar-refractivity contribution in [2.75, 3.05) is 5.75 Å². The number of carbonyl (C=O) groups excluding carboxylic acids is 1. The zero-order valence-corrected chi connectivity index (χ0v) is 13.1. The lowest BCUT2D eigenvalue weighted by Gasteiger charge is -2.14. The van der Waals surface area contributed by atoms with Gasteiger partial charge in [-0.05, 0) is 12.5 Å². The van der Waals surface area contributed by atoms with Crippen molar-refractivity contribution in [3.05, 3.63) is 29.3 Å². The summed E-state index contributed by atoms with van der Waals surface area (Å²) in [6, 6.07) is 3.68. The number of aromatic nitrogens is 2. The van der Waals surface area contributed by atoms with Crippen LogP contribution in [0.5, 0.6) is 0 Å². The third-order valence-electron chi connectivity index (χ3n) is 2.68. The highest BCUT2D eigenvalue weighted by molar-refractivity contribution is 8.01. The molecule has 0 aliphatic heterocycles. The SMILES string of the molecule is CCCSc1nnc(-c2cccc(C(N)=O)c2C(F)(F)F)s1. The van der Waals surface area contributed by atoms with Crippen LogP contribution in [0.25, 0.3) is 10.6 Å². The lowest BCUT2D eigenvalue weighted by molar-refractivity contribution is -0.137. The molecule has 0 saturated carbocycles. The van der Waals surface area contributed by atoms with Gasteiger partial charge >= 0.3 is 6.18 Å². The normalized spacial score (nSPS) is 11.6. The summed E-state index contributed by atoms with van der Waals surface area (Å²) >= 11 is 2.50. The fourth-order valence-corrected chi connectivity index (χ4v) is 3.62. The fraction of sp³-hybridized carbons (Fsp3) is 0.308. The summed E-state index contributed by atoms with van der Waals surface area (Å²) in [6.45, 7) is 1.99. The Kier molecular flexibility index (Phi) is 5.07. The van der Waals surface area contributed by atoms with E-state index in [1.54, 1.807) is 0 Å². The Morgan fingerprint density at radius 2 is 2.09 bits per heavy atom. The minimum absolute atomic E-state index is 0.119. The van der Waals surface area contributed by atoms with Crippen molar-refractivity contribution < 1.29 is 18.0 Å². The number of hydrogen-bond donors (Lipinski definition) is 1. The van der Waals surface area contributed by atoms with Crippen molar-refractivity contribution >= 4 is 29.0 Å². The highest BCUT2D eigenvalue weighted by atomic mass is 32.2. The van der Waals surface area contributed by atoms with Crippen LogP contribution in [0.4, 0.5) is 13.2 Å². The second-order valence-corrected chi connectivity index (χ2v) is 6.63. The Balaban J connectivity index is 2.53. The molecule has 0 atom stereocenters. The van der Waals surface area contributed by atoms with Gasteiger partial charge in [-0.1, -0.05) is 42.2 Å². The molecule has 118 valence electrons. The standard InChI is InChI=1S/C13H12F3N3OS2/c1-2-6-21-12-19-18-11(22-12)8-5-3-4-7(10(17)20)9(8)13(14,15)16/h3-5H,2,6H2,1H3,(H2,17,20). The molecule has 0 aliphatic rings. The molecule has 4 nitrogen and oxygen atoms in total. The molecule has 0 spiro atoms. The monoisotopic (exact) mass is 347 g/mol. The molecule has 0 bridgehead atoms. The van der Waals surface area contributed by atoms with Gasteiger partial charge in [0.2, 0.25) is 5.91 Å². The average Bonchev–Trinajstić information content (AvgIpc) is 2.92. The molecule has 1 aromatic carbocycles. The number of carbonyl (C=O) groups is 1. The highest BCUT2D eigenvalue weighted by Gasteiger charge is 2.38. The molecule has 1 aromatic heterocycles. The Labute approximate surface area is 132 Å². The van der Waals surface area contributed by atoms with Gasteiger partial charge in [0, 0.05) is 11.3 Å². The molecule has 2 aromatic rings. The topological polar surface area (TPSA) is 68.9 Å². The molecule has 0 unspecified atom stereocenters. The summed E-state index contributed by atoms with van der Waals surface area (Å²) in [5, 5.41) is 7.80. The second kappa shape index (κ2) is 6.66. The smallest absolute Gasteiger partial charge is 0.366 e. The van der Waals surface area contributed by atoms with Crippen LogP contribution >= 0.6 is 23.1 Å². The van der Waals surface area contributed by atoms with Crippen LogP contribution in [0, 0.1) is 0 Å². The van der Waals surface area contributed by atoms with E-state index in [1.165, 1.54) is 23.9 Å². The molecule has 9 heteroatoms. The van der Waals surface area contributed by atoms with Gasteiger partial charge in [-0.15, -0.1) is 10.2 Å². The van der Waals surface area contributed by atoms with Crippen LogP contribution in [-0.4, -0.2) is 21.9 Å². The van der Waals surface area contributed by atoms with Crippen molar-refractivity contribution in [3.63, 3.8) is 0 Å². The first kappa shape index (κ1) is 16.8. The molecule has 0 saturated heterocycles. The molecule has 0 aliphatic carbocycles. The van der Waals surface area contributed by atoms with E-state index >= 15 is 0 Å². The van der Waals surface area contributed by atoms with E-state index in [2.05, 4.69) is 10.2 Å². The predicted molar refractivity (Wildman–Crippen MR) is 79.9 cm³/mol. The molecular weight excluding hydrogens is 335 g/mol. The van der Waals surface area contributed by atoms with E-state index < -0.39 is 23.2 Å². The average molecular weight is 347 g/mol. The van der Waals surface area contributed by atoms with Gasteiger partial charge in [0.05, 0.1) is 11.1 Å². The number of amides is 1. The maximum atomic E-state index is 13.3. The van der Waals surface area contributed by atoms with E-state index in [4.69, 9.17) is 5.73 Å². The third-order valence-corrected chi connectivity index (χ3v) is 4.98. The first-order chi connectivity index (χ1) is 10.3. The minimum Gasteiger partial charge on any atom is -0.366 e. The number of nitrogens with two attached hydrogens (primary N) is 1. The molecule has 0 fully saturated rings. The highest BCUT2D eigenvalue weighted by Crippen LogP contribution is 2.41. The molecule has 2 rings (SSSR count). The van der Waals surface area contributed by atoms with E-state index in [0.29, 0.717) is 4.34 Å². The number of rotatable bonds is 5. The van der Waals surface area contributed by atoms with Gasteiger partial charge in [0.15, 0.2) is 4.34 Å². The zero-order chi connectivity index (χ0) is 16.3. The van der Waals surface area contributed by atoms with E-state index in [9.17, 15) is 18.0 Å². The van der Waals surface area contributed by atoms with Crippen LogP contribution in [0.3, 0.4) is 0 Å². The number of halogens is 3. The summed E-state index contributed by atoms with van der Waals surface area (Å²) < 4.78 is 40.5. The van der Waals surface area contributed by atoms with Crippen LogP contribution in [0.15, 0.2) is 22.5 Å². The maximum Gasteiger partial charge on any atom is 0.417 e. The summed E-state index contributed by atoms with van der Waals surface area (Å²) in [5.74, 6) is -0.318. The molecule has 0 radical (unpaired) electrons. The quantitative estimate of drug-likeness (QED) is 0.835. The van der Waals surface area contributed by atoms with Crippen LogP contribution < -0.4 is 5.73 Å². The van der Waals surface area contributed by atoms with Gasteiger partial charge in [-0.2, -0.15) is 13.2 Å². The molecule has 1 heterocycles. The van der Waals surface area contributed by atoms with Crippen molar-refractivity contribution in [2.45, 2.75) is 23.9 Å². The lowest BCUT2D eigenvalue weighted by Crippen LogP contribution is -2.19. The van der Waals surface area contributed by atoms with Crippen LogP contribution in [0.2, 0.25) is 0 Å². The number of primary amides is 1. The fourth-order valence-electron chi connectivity index (χ4n) is 1.81. The number of thioether (sulfide) groups is 1. The Bertz CT molecular complexity index is 685. The molecular formula is C13H12F3N3OS2. The number of nitrogens with zero attached hydrogens (tertiary/aromatic N) is 2. The van der Waals surface area contributed by atoms with E-state index in [1.807, 2.05) is 6.92 Å². The summed E-state index contributed by atoms with van der Waals surface area (Å²) in [7, 11) is 0. The number of hydrogen-bond acceptors (Lipinski definition) is 5. The number of alkyl halides is 3. The first-order valence-corrected chi connectivity index (χ1v) is 8.11. The van der Waals surface area contributed by atoms with E-state index in [-0.39, 0.29) is 10.6 Å².